The number of pyridine rings is 1. The van der Waals surface area contributed by atoms with E-state index < -0.39 is 11.5 Å². The average Bonchev–Trinajstić information content (AvgIpc) is 2.28. The first kappa shape index (κ1) is 11.9. The van der Waals surface area contributed by atoms with E-state index in [-0.39, 0.29) is 5.56 Å². The number of nitrogens with one attached hydrogen (secondary N) is 1. The Balaban J connectivity index is 3.01. The lowest BCUT2D eigenvalue weighted by Gasteiger charge is -2.08. The number of carboxylic acid groups (broad SMARTS) is 1. The van der Waals surface area contributed by atoms with Crippen molar-refractivity contribution in [1.82, 2.24) is 4.98 Å². The molecular formula is C12H10BrNO3. The maximum atomic E-state index is 11.7. The molecule has 2 rings (SSSR count). The van der Waals surface area contributed by atoms with Gasteiger partial charge in [0.05, 0.1) is 5.52 Å². The summed E-state index contributed by atoms with van der Waals surface area (Å²) in [5.74, 6) is -1.19. The van der Waals surface area contributed by atoms with Crippen molar-refractivity contribution in [2.24, 2.45) is 0 Å². The first-order valence-corrected chi connectivity index (χ1v) is 5.92. The zero-order valence-corrected chi connectivity index (χ0v) is 10.7. The second-order valence-electron chi connectivity index (χ2n) is 3.63. The van der Waals surface area contributed by atoms with Crippen LogP contribution in [0, 0.1) is 0 Å². The molecule has 0 aliphatic carbocycles. The predicted octanol–water partition coefficient (Wildman–Crippen LogP) is 2.55. The zero-order valence-electron chi connectivity index (χ0n) is 9.08. The van der Waals surface area contributed by atoms with Gasteiger partial charge in [-0.15, -0.1) is 0 Å². The number of carbonyl (C=O) groups is 1. The van der Waals surface area contributed by atoms with Gasteiger partial charge in [-0.3, -0.25) is 4.79 Å². The van der Waals surface area contributed by atoms with E-state index in [0.29, 0.717) is 17.5 Å². The summed E-state index contributed by atoms with van der Waals surface area (Å²) in [6, 6.07) is 5.43. The summed E-state index contributed by atoms with van der Waals surface area (Å²) in [7, 11) is 0. The van der Waals surface area contributed by atoms with Crippen LogP contribution in [-0.4, -0.2) is 16.1 Å². The number of benzene rings is 1. The largest absolute Gasteiger partial charge is 0.477 e. The van der Waals surface area contributed by atoms with Crippen molar-refractivity contribution >= 4 is 32.8 Å². The molecule has 0 radical (unpaired) electrons. The molecule has 0 aliphatic heterocycles. The predicted molar refractivity (Wildman–Crippen MR) is 68.6 cm³/mol. The van der Waals surface area contributed by atoms with Gasteiger partial charge in [-0.1, -0.05) is 19.1 Å². The minimum absolute atomic E-state index is 0.168. The second kappa shape index (κ2) is 4.33. The van der Waals surface area contributed by atoms with E-state index in [0.717, 1.165) is 9.86 Å². The summed E-state index contributed by atoms with van der Waals surface area (Å²) >= 11 is 3.34. The number of rotatable bonds is 2. The Morgan fingerprint density at radius 1 is 1.47 bits per heavy atom. The van der Waals surface area contributed by atoms with Crippen LogP contribution in [-0.2, 0) is 6.42 Å². The Bertz CT molecular complexity index is 661. The molecule has 0 saturated carbocycles. The van der Waals surface area contributed by atoms with E-state index in [1.165, 1.54) is 0 Å². The molecule has 1 aromatic carbocycles. The van der Waals surface area contributed by atoms with Gasteiger partial charge >= 0.3 is 5.97 Å². The third-order valence-electron chi connectivity index (χ3n) is 2.67. The molecule has 0 fully saturated rings. The second-order valence-corrected chi connectivity index (χ2v) is 4.48. The van der Waals surface area contributed by atoms with Gasteiger partial charge in [0.2, 0.25) is 0 Å². The molecule has 0 aliphatic rings. The first-order valence-electron chi connectivity index (χ1n) is 5.13. The summed E-state index contributed by atoms with van der Waals surface area (Å²) in [4.78, 5) is 25.4. The Labute approximate surface area is 105 Å². The highest BCUT2D eigenvalue weighted by Crippen LogP contribution is 2.25. The number of H-pyrrole nitrogens is 1. The van der Waals surface area contributed by atoms with Gasteiger partial charge in [0.1, 0.15) is 5.56 Å². The molecule has 5 heteroatoms. The van der Waals surface area contributed by atoms with Crippen molar-refractivity contribution in [2.75, 3.05) is 0 Å². The monoisotopic (exact) mass is 295 g/mol. The van der Waals surface area contributed by atoms with Crippen molar-refractivity contribution in [3.05, 3.63) is 44.2 Å². The Morgan fingerprint density at radius 2 is 2.18 bits per heavy atom. The van der Waals surface area contributed by atoms with Crippen LogP contribution in [0.5, 0.6) is 0 Å². The number of fused-ring (bicyclic) bond motifs is 1. The fourth-order valence-corrected chi connectivity index (χ4v) is 2.41. The minimum atomic E-state index is -1.19. The topological polar surface area (TPSA) is 70.2 Å². The van der Waals surface area contributed by atoms with E-state index >= 15 is 0 Å². The van der Waals surface area contributed by atoms with Crippen LogP contribution in [0.2, 0.25) is 0 Å². The standard InChI is InChI=1S/C12H10BrNO3/c1-2-6-7-4-3-5-8(13)10(7)14-11(15)9(6)12(16)17/h3-5H,2H2,1H3,(H,14,15)(H,16,17). The highest BCUT2D eigenvalue weighted by Gasteiger charge is 2.17. The number of aromatic nitrogens is 1. The van der Waals surface area contributed by atoms with Gasteiger partial charge in [0.25, 0.3) is 5.56 Å². The molecule has 4 nitrogen and oxygen atoms in total. The van der Waals surface area contributed by atoms with Crippen LogP contribution < -0.4 is 5.56 Å². The van der Waals surface area contributed by atoms with Crippen LogP contribution in [0.15, 0.2) is 27.5 Å². The summed E-state index contributed by atoms with van der Waals surface area (Å²) < 4.78 is 0.749. The fourth-order valence-electron chi connectivity index (χ4n) is 1.94. The van der Waals surface area contributed by atoms with Crippen LogP contribution in [0.3, 0.4) is 0 Å². The number of carboxylic acids is 1. The molecule has 0 bridgehead atoms. The number of aryl methyl sites for hydroxylation is 1. The van der Waals surface area contributed by atoms with E-state index in [1.54, 1.807) is 12.1 Å². The van der Waals surface area contributed by atoms with Crippen LogP contribution >= 0.6 is 15.9 Å². The number of aromatic amines is 1. The molecule has 2 N–H and O–H groups in total. The minimum Gasteiger partial charge on any atom is -0.477 e. The zero-order chi connectivity index (χ0) is 12.6. The van der Waals surface area contributed by atoms with E-state index in [2.05, 4.69) is 20.9 Å². The van der Waals surface area contributed by atoms with E-state index in [9.17, 15) is 9.59 Å². The van der Waals surface area contributed by atoms with E-state index in [4.69, 9.17) is 5.11 Å². The molecule has 0 spiro atoms. The Morgan fingerprint density at radius 3 is 2.76 bits per heavy atom. The molecule has 1 aromatic heterocycles. The molecule has 0 amide bonds. The van der Waals surface area contributed by atoms with Gasteiger partial charge in [-0.2, -0.15) is 0 Å². The van der Waals surface area contributed by atoms with Crippen LogP contribution in [0.1, 0.15) is 22.8 Å². The van der Waals surface area contributed by atoms with Crippen molar-refractivity contribution in [2.45, 2.75) is 13.3 Å². The van der Waals surface area contributed by atoms with Crippen LogP contribution in [0.4, 0.5) is 0 Å². The summed E-state index contributed by atoms with van der Waals surface area (Å²) in [6.07, 6.45) is 0.499. The summed E-state index contributed by atoms with van der Waals surface area (Å²) in [5.41, 5.74) is 0.476. The number of halogens is 1. The Kier molecular flexibility index (Phi) is 3.02. The average molecular weight is 296 g/mol. The maximum Gasteiger partial charge on any atom is 0.341 e. The molecule has 88 valence electrons. The van der Waals surface area contributed by atoms with Gasteiger partial charge in [0, 0.05) is 9.86 Å². The molecule has 0 atom stereocenters. The first-order chi connectivity index (χ1) is 8.06. The normalized spacial score (nSPS) is 10.7. The quantitative estimate of drug-likeness (QED) is 0.894. The van der Waals surface area contributed by atoms with Gasteiger partial charge < -0.3 is 10.1 Å². The molecular weight excluding hydrogens is 286 g/mol. The summed E-state index contributed by atoms with van der Waals surface area (Å²) in [6.45, 7) is 1.83. The smallest absolute Gasteiger partial charge is 0.341 e. The lowest BCUT2D eigenvalue weighted by Crippen LogP contribution is -2.20. The number of aromatic carboxylic acids is 1. The van der Waals surface area contributed by atoms with Crippen molar-refractivity contribution in [3.63, 3.8) is 0 Å². The van der Waals surface area contributed by atoms with Crippen LogP contribution in [0.25, 0.3) is 10.9 Å². The highest BCUT2D eigenvalue weighted by atomic mass is 79.9. The van der Waals surface area contributed by atoms with Gasteiger partial charge in [-0.25, -0.2) is 4.79 Å². The lowest BCUT2D eigenvalue weighted by molar-refractivity contribution is 0.0694. The van der Waals surface area contributed by atoms with Crippen molar-refractivity contribution in [3.8, 4) is 0 Å². The third-order valence-corrected chi connectivity index (χ3v) is 3.33. The number of hydrogen-bond donors (Lipinski definition) is 2. The van der Waals surface area contributed by atoms with E-state index in [1.807, 2.05) is 13.0 Å². The molecule has 0 saturated heterocycles. The molecule has 17 heavy (non-hydrogen) atoms. The molecule has 0 unspecified atom stereocenters. The third kappa shape index (κ3) is 1.86. The SMILES string of the molecule is CCc1c(C(=O)O)c(=O)[nH]c2c(Br)cccc12. The summed E-state index contributed by atoms with van der Waals surface area (Å²) in [5, 5.41) is 9.84. The number of para-hydroxylation sites is 1. The molecule has 2 aromatic rings. The Hall–Kier alpha value is -1.62. The van der Waals surface area contributed by atoms with Crippen molar-refractivity contribution in [1.29, 1.82) is 0 Å². The number of hydrogen-bond acceptors (Lipinski definition) is 2. The fraction of sp³-hybridized carbons (Fsp3) is 0.167. The maximum absolute atomic E-state index is 11.7. The van der Waals surface area contributed by atoms with Gasteiger partial charge in [-0.05, 0) is 34.0 Å². The molecule has 1 heterocycles. The van der Waals surface area contributed by atoms with Gasteiger partial charge in [0.15, 0.2) is 0 Å². The van der Waals surface area contributed by atoms with Crippen molar-refractivity contribution < 1.29 is 9.90 Å². The lowest BCUT2D eigenvalue weighted by atomic mass is 10.0. The highest BCUT2D eigenvalue weighted by molar-refractivity contribution is 9.10.